The summed E-state index contributed by atoms with van der Waals surface area (Å²) in [6.45, 7) is 2.94. The van der Waals surface area contributed by atoms with Crippen LogP contribution in [0.2, 0.25) is 0 Å². The monoisotopic (exact) mass is 233 g/mol. The zero-order chi connectivity index (χ0) is 12.3. The van der Waals surface area contributed by atoms with Crippen LogP contribution in [0.15, 0.2) is 24.3 Å². The van der Waals surface area contributed by atoms with E-state index in [0.29, 0.717) is 5.92 Å². The second-order valence-corrected chi connectivity index (χ2v) is 4.67. The molecule has 17 heavy (non-hydrogen) atoms. The van der Waals surface area contributed by atoms with Crippen molar-refractivity contribution in [1.82, 2.24) is 5.32 Å². The number of piperidine rings is 1. The van der Waals surface area contributed by atoms with Gasteiger partial charge in [-0.05, 0) is 31.2 Å². The number of nitrogens with one attached hydrogen (secondary N) is 1. The van der Waals surface area contributed by atoms with Crippen molar-refractivity contribution in [2.24, 2.45) is 0 Å². The van der Waals surface area contributed by atoms with Gasteiger partial charge in [0.05, 0.1) is 7.11 Å². The largest absolute Gasteiger partial charge is 0.468 e. The Balaban J connectivity index is 1.95. The van der Waals surface area contributed by atoms with E-state index in [0.717, 1.165) is 19.4 Å². The van der Waals surface area contributed by atoms with Gasteiger partial charge in [-0.3, -0.25) is 4.79 Å². The molecule has 3 heteroatoms. The summed E-state index contributed by atoms with van der Waals surface area (Å²) in [5, 5.41) is 3.26. The third-order valence-corrected chi connectivity index (χ3v) is 3.45. The number of hydrogen-bond donors (Lipinski definition) is 1. The molecule has 0 unspecified atom stereocenters. The number of rotatable bonds is 2. The number of hydrogen-bond acceptors (Lipinski definition) is 3. The fraction of sp³-hybridized carbons (Fsp3) is 0.500. The highest BCUT2D eigenvalue weighted by Gasteiger charge is 2.26. The molecule has 1 aromatic rings. The van der Waals surface area contributed by atoms with Crippen molar-refractivity contribution >= 4 is 5.97 Å². The van der Waals surface area contributed by atoms with Crippen molar-refractivity contribution in [1.29, 1.82) is 0 Å². The van der Waals surface area contributed by atoms with Crippen LogP contribution in [0.1, 0.15) is 29.9 Å². The molecule has 1 aliphatic heterocycles. The summed E-state index contributed by atoms with van der Waals surface area (Å²) < 4.78 is 4.74. The van der Waals surface area contributed by atoms with Crippen molar-refractivity contribution in [3.8, 4) is 0 Å². The number of aryl methyl sites for hydroxylation is 1. The second-order valence-electron chi connectivity index (χ2n) is 4.67. The summed E-state index contributed by atoms with van der Waals surface area (Å²) >= 11 is 0. The van der Waals surface area contributed by atoms with E-state index < -0.39 is 0 Å². The van der Waals surface area contributed by atoms with Gasteiger partial charge in [-0.25, -0.2) is 0 Å². The molecule has 0 radical (unpaired) electrons. The van der Waals surface area contributed by atoms with Crippen LogP contribution in [0.25, 0.3) is 0 Å². The lowest BCUT2D eigenvalue weighted by atomic mass is 9.88. The van der Waals surface area contributed by atoms with Gasteiger partial charge in [0, 0.05) is 6.54 Å². The summed E-state index contributed by atoms with van der Waals surface area (Å²) in [6, 6.07) is 8.52. The second kappa shape index (κ2) is 5.32. The van der Waals surface area contributed by atoms with E-state index in [9.17, 15) is 4.79 Å². The smallest absolute Gasteiger partial charge is 0.322 e. The average molecular weight is 233 g/mol. The first-order chi connectivity index (χ1) is 8.20. The highest BCUT2D eigenvalue weighted by Crippen LogP contribution is 2.25. The first kappa shape index (κ1) is 12.1. The Hall–Kier alpha value is -1.35. The molecule has 1 saturated heterocycles. The van der Waals surface area contributed by atoms with Gasteiger partial charge in [0.1, 0.15) is 6.04 Å². The minimum Gasteiger partial charge on any atom is -0.468 e. The van der Waals surface area contributed by atoms with Gasteiger partial charge in [0.15, 0.2) is 0 Å². The van der Waals surface area contributed by atoms with E-state index in [2.05, 4.69) is 36.5 Å². The maximum atomic E-state index is 11.4. The molecular formula is C14H19NO2. The van der Waals surface area contributed by atoms with Crippen LogP contribution >= 0.6 is 0 Å². The van der Waals surface area contributed by atoms with Gasteiger partial charge in [0.2, 0.25) is 0 Å². The summed E-state index contributed by atoms with van der Waals surface area (Å²) in [4.78, 5) is 11.4. The lowest BCUT2D eigenvalue weighted by Crippen LogP contribution is -2.43. The van der Waals surface area contributed by atoms with Gasteiger partial charge in [-0.15, -0.1) is 0 Å². The summed E-state index contributed by atoms with van der Waals surface area (Å²) in [7, 11) is 1.44. The highest BCUT2D eigenvalue weighted by molar-refractivity contribution is 5.75. The SMILES string of the molecule is COC(=O)[C@@H]1CC[C@@H](c2ccc(C)cc2)CN1. The standard InChI is InChI=1S/C14H19NO2/c1-10-3-5-11(6-4-10)12-7-8-13(15-9-12)14(16)17-2/h3-6,12-13,15H,7-9H2,1-2H3/t12-,13+/m1/s1. The van der Waals surface area contributed by atoms with Crippen LogP contribution in [0.4, 0.5) is 0 Å². The summed E-state index contributed by atoms with van der Waals surface area (Å²) in [5.41, 5.74) is 2.64. The molecule has 1 fully saturated rings. The lowest BCUT2D eigenvalue weighted by molar-refractivity contribution is -0.143. The van der Waals surface area contributed by atoms with Gasteiger partial charge in [0.25, 0.3) is 0 Å². The van der Waals surface area contributed by atoms with Crippen LogP contribution in [0, 0.1) is 6.92 Å². The molecule has 2 atom stereocenters. The van der Waals surface area contributed by atoms with Gasteiger partial charge < -0.3 is 10.1 Å². The number of benzene rings is 1. The summed E-state index contributed by atoms with van der Waals surface area (Å²) in [5.74, 6) is 0.365. The predicted octanol–water partition coefficient (Wildman–Crippen LogP) is 2.00. The van der Waals surface area contributed by atoms with Crippen LogP contribution in [0.3, 0.4) is 0 Å². The fourth-order valence-electron chi connectivity index (χ4n) is 2.32. The quantitative estimate of drug-likeness (QED) is 0.794. The Bertz CT molecular complexity index is 378. The number of methoxy groups -OCH3 is 1. The minimum absolute atomic E-state index is 0.123. The molecule has 92 valence electrons. The number of carbonyl (C=O) groups is 1. The Labute approximate surface area is 102 Å². The molecule has 3 nitrogen and oxygen atoms in total. The molecule has 0 amide bonds. The average Bonchev–Trinajstić information content (AvgIpc) is 2.39. The molecule has 0 spiro atoms. The fourth-order valence-corrected chi connectivity index (χ4v) is 2.32. The molecule has 0 aliphatic carbocycles. The number of esters is 1. The number of carbonyl (C=O) groups excluding carboxylic acids is 1. The third-order valence-electron chi connectivity index (χ3n) is 3.45. The van der Waals surface area contributed by atoms with Gasteiger partial charge in [-0.2, -0.15) is 0 Å². The van der Waals surface area contributed by atoms with E-state index in [1.54, 1.807) is 0 Å². The maximum Gasteiger partial charge on any atom is 0.322 e. The van der Waals surface area contributed by atoms with E-state index in [4.69, 9.17) is 4.74 Å². The first-order valence-corrected chi connectivity index (χ1v) is 6.08. The van der Waals surface area contributed by atoms with Crippen LogP contribution in [-0.4, -0.2) is 25.7 Å². The van der Waals surface area contributed by atoms with E-state index in [1.165, 1.54) is 18.2 Å². The summed E-state index contributed by atoms with van der Waals surface area (Å²) in [6.07, 6.45) is 1.89. The lowest BCUT2D eigenvalue weighted by Gasteiger charge is -2.28. The molecule has 1 heterocycles. The van der Waals surface area contributed by atoms with E-state index in [-0.39, 0.29) is 12.0 Å². The van der Waals surface area contributed by atoms with Crippen molar-refractivity contribution in [3.05, 3.63) is 35.4 Å². The zero-order valence-corrected chi connectivity index (χ0v) is 10.4. The van der Waals surface area contributed by atoms with E-state index >= 15 is 0 Å². The molecule has 2 rings (SSSR count). The van der Waals surface area contributed by atoms with Gasteiger partial charge >= 0.3 is 5.97 Å². The highest BCUT2D eigenvalue weighted by atomic mass is 16.5. The molecule has 0 bridgehead atoms. The number of ether oxygens (including phenoxy) is 1. The molecule has 1 aromatic carbocycles. The zero-order valence-electron chi connectivity index (χ0n) is 10.4. The Morgan fingerprint density at radius 1 is 1.29 bits per heavy atom. The predicted molar refractivity (Wildman–Crippen MR) is 67.0 cm³/mol. The van der Waals surface area contributed by atoms with Crippen LogP contribution in [-0.2, 0) is 9.53 Å². The Morgan fingerprint density at radius 2 is 2.00 bits per heavy atom. The molecule has 1 N–H and O–H groups in total. The third kappa shape index (κ3) is 2.86. The van der Waals surface area contributed by atoms with Gasteiger partial charge in [-0.1, -0.05) is 29.8 Å². The van der Waals surface area contributed by atoms with Crippen molar-refractivity contribution in [3.63, 3.8) is 0 Å². The Kier molecular flexibility index (Phi) is 3.79. The van der Waals surface area contributed by atoms with Crippen molar-refractivity contribution in [2.75, 3.05) is 13.7 Å². The topological polar surface area (TPSA) is 38.3 Å². The van der Waals surface area contributed by atoms with Crippen LogP contribution < -0.4 is 5.32 Å². The van der Waals surface area contributed by atoms with Crippen LogP contribution in [0.5, 0.6) is 0 Å². The molecule has 0 saturated carbocycles. The molecule has 0 aromatic heterocycles. The normalized spacial score (nSPS) is 24.4. The maximum absolute atomic E-state index is 11.4. The first-order valence-electron chi connectivity index (χ1n) is 6.08. The van der Waals surface area contributed by atoms with E-state index in [1.807, 2.05) is 0 Å². The van der Waals surface area contributed by atoms with Crippen molar-refractivity contribution in [2.45, 2.75) is 31.7 Å². The van der Waals surface area contributed by atoms with Crippen molar-refractivity contribution < 1.29 is 9.53 Å². The molecular weight excluding hydrogens is 214 g/mol. The Morgan fingerprint density at radius 3 is 2.53 bits per heavy atom. The molecule has 1 aliphatic rings. The minimum atomic E-state index is -0.146.